The first kappa shape index (κ1) is 23.3. The van der Waals surface area contributed by atoms with Gasteiger partial charge in [-0.3, -0.25) is 4.99 Å². The van der Waals surface area contributed by atoms with Crippen molar-refractivity contribution < 1.29 is 0 Å². The van der Waals surface area contributed by atoms with Crippen molar-refractivity contribution in [3.8, 4) is 16.8 Å². The van der Waals surface area contributed by atoms with Gasteiger partial charge >= 0.3 is 0 Å². The summed E-state index contributed by atoms with van der Waals surface area (Å²) in [6.45, 7) is 0.548. The Hall–Kier alpha value is -5.41. The van der Waals surface area contributed by atoms with Gasteiger partial charge in [-0.05, 0) is 63.2 Å². The number of aliphatic imine (C=N–C) groups is 1. The van der Waals surface area contributed by atoms with Gasteiger partial charge in [0, 0.05) is 16.3 Å². The van der Waals surface area contributed by atoms with Gasteiger partial charge in [0.15, 0.2) is 0 Å². The zero-order valence-electron chi connectivity index (χ0n) is 23.0. The van der Waals surface area contributed by atoms with Gasteiger partial charge < -0.3 is 10.3 Å². The van der Waals surface area contributed by atoms with E-state index >= 15 is 0 Å². The lowest BCUT2D eigenvalue weighted by atomic mass is 9.65. The number of para-hydroxylation sites is 2. The molecule has 3 heteroatoms. The van der Waals surface area contributed by atoms with Crippen molar-refractivity contribution in [1.29, 1.82) is 0 Å². The molecular formula is C39H27N3. The van der Waals surface area contributed by atoms with E-state index in [1.807, 2.05) is 18.2 Å². The molecule has 0 saturated carbocycles. The molecule has 1 aliphatic carbocycles. The van der Waals surface area contributed by atoms with Crippen LogP contribution in [-0.4, -0.2) is 10.4 Å². The number of rotatable bonds is 3. The van der Waals surface area contributed by atoms with Crippen LogP contribution in [0, 0.1) is 0 Å². The highest BCUT2D eigenvalue weighted by Gasteiger charge is 2.50. The van der Waals surface area contributed by atoms with E-state index in [0.29, 0.717) is 12.4 Å². The summed E-state index contributed by atoms with van der Waals surface area (Å²) in [6.07, 6.45) is 0. The first-order valence-corrected chi connectivity index (χ1v) is 14.5. The average molecular weight is 538 g/mol. The van der Waals surface area contributed by atoms with Crippen LogP contribution in [-0.2, 0) is 12.0 Å². The first-order valence-electron chi connectivity index (χ1n) is 14.5. The van der Waals surface area contributed by atoms with E-state index in [-0.39, 0.29) is 0 Å². The molecule has 0 saturated heterocycles. The predicted octanol–water partition coefficient (Wildman–Crippen LogP) is 8.37. The number of amidine groups is 1. The summed E-state index contributed by atoms with van der Waals surface area (Å²) in [5.74, 6) is 0.553. The van der Waals surface area contributed by atoms with Gasteiger partial charge in [0.25, 0.3) is 0 Å². The van der Waals surface area contributed by atoms with E-state index in [2.05, 4.69) is 126 Å². The van der Waals surface area contributed by atoms with Crippen molar-refractivity contribution in [2.75, 3.05) is 0 Å². The molecule has 3 nitrogen and oxygen atoms in total. The predicted molar refractivity (Wildman–Crippen MR) is 173 cm³/mol. The van der Waals surface area contributed by atoms with Crippen LogP contribution >= 0.6 is 0 Å². The molecule has 42 heavy (non-hydrogen) atoms. The van der Waals surface area contributed by atoms with Crippen molar-refractivity contribution in [2.24, 2.45) is 10.7 Å². The number of benzene rings is 6. The monoisotopic (exact) mass is 537 g/mol. The van der Waals surface area contributed by atoms with Gasteiger partial charge in [0.05, 0.1) is 28.7 Å². The number of hydrogen-bond acceptors (Lipinski definition) is 1. The topological polar surface area (TPSA) is 43.3 Å². The van der Waals surface area contributed by atoms with Crippen LogP contribution in [0.1, 0.15) is 33.4 Å². The lowest BCUT2D eigenvalue weighted by molar-refractivity contribution is 0.748. The molecule has 6 aromatic carbocycles. The number of nitrogens with two attached hydrogens (primary N) is 1. The summed E-state index contributed by atoms with van der Waals surface area (Å²) < 4.78 is 2.46. The van der Waals surface area contributed by atoms with Crippen LogP contribution in [0.4, 0.5) is 0 Å². The fraction of sp³-hybridized carbons (Fsp3) is 0.0513. The SMILES string of the molecule is N/C(=N\Cc1ccccc1)c1ccc2c(c1)C1(c3ccccc3-c3ccccc31)c1cccc3c4ccccc4n-2c13. The molecule has 1 spiro atoms. The Labute approximate surface area is 244 Å². The second-order valence-electron chi connectivity index (χ2n) is 11.3. The van der Waals surface area contributed by atoms with E-state index in [1.165, 1.54) is 60.9 Å². The third-order valence-electron chi connectivity index (χ3n) is 9.26. The van der Waals surface area contributed by atoms with Crippen LogP contribution in [0.5, 0.6) is 0 Å². The molecule has 0 amide bonds. The van der Waals surface area contributed by atoms with Crippen LogP contribution in [0.15, 0.2) is 145 Å². The molecule has 198 valence electrons. The van der Waals surface area contributed by atoms with Crippen LogP contribution in [0.25, 0.3) is 38.6 Å². The summed E-state index contributed by atoms with van der Waals surface area (Å²) >= 11 is 0. The van der Waals surface area contributed by atoms with E-state index in [0.717, 1.165) is 11.1 Å². The van der Waals surface area contributed by atoms with Gasteiger partial charge in [0.1, 0.15) is 5.84 Å². The van der Waals surface area contributed by atoms with Gasteiger partial charge in [-0.25, -0.2) is 0 Å². The van der Waals surface area contributed by atoms with E-state index in [4.69, 9.17) is 10.7 Å². The molecule has 0 unspecified atom stereocenters. The fourth-order valence-electron chi connectivity index (χ4n) is 7.57. The minimum absolute atomic E-state index is 0.484. The Balaban J connectivity index is 1.40. The van der Waals surface area contributed by atoms with E-state index < -0.39 is 5.41 Å². The minimum atomic E-state index is -0.484. The maximum Gasteiger partial charge on any atom is 0.125 e. The molecule has 0 radical (unpaired) electrons. The average Bonchev–Trinajstić information content (AvgIpc) is 3.55. The van der Waals surface area contributed by atoms with Gasteiger partial charge in [0.2, 0.25) is 0 Å². The van der Waals surface area contributed by atoms with Gasteiger partial charge in [-0.15, -0.1) is 0 Å². The maximum absolute atomic E-state index is 6.74. The smallest absolute Gasteiger partial charge is 0.125 e. The number of nitrogens with zero attached hydrogens (tertiary/aromatic N) is 2. The largest absolute Gasteiger partial charge is 0.383 e. The Morgan fingerprint density at radius 3 is 2.02 bits per heavy atom. The highest BCUT2D eigenvalue weighted by Crippen LogP contribution is 2.60. The second-order valence-corrected chi connectivity index (χ2v) is 11.3. The van der Waals surface area contributed by atoms with Crippen molar-refractivity contribution in [3.63, 3.8) is 0 Å². The van der Waals surface area contributed by atoms with Gasteiger partial charge in [-0.2, -0.15) is 0 Å². The number of aromatic nitrogens is 1. The molecular weight excluding hydrogens is 510 g/mol. The Bertz CT molecular complexity index is 2190. The molecule has 1 aliphatic heterocycles. The molecule has 1 aromatic heterocycles. The van der Waals surface area contributed by atoms with Gasteiger partial charge in [-0.1, -0.05) is 115 Å². The Morgan fingerprint density at radius 2 is 1.24 bits per heavy atom. The lowest BCUT2D eigenvalue weighted by Gasteiger charge is -2.39. The highest BCUT2D eigenvalue weighted by atomic mass is 15.0. The second kappa shape index (κ2) is 8.55. The van der Waals surface area contributed by atoms with Crippen molar-refractivity contribution in [2.45, 2.75) is 12.0 Å². The lowest BCUT2D eigenvalue weighted by Crippen LogP contribution is -2.34. The third-order valence-corrected chi connectivity index (χ3v) is 9.26. The maximum atomic E-state index is 6.74. The standard InChI is InChI=1S/C39H27N3/c40-38(41-24-25-11-2-1-3-12-25)26-21-22-36-34(23-26)39(31-17-7-4-13-27(31)28-14-5-8-18-32(28)39)33-19-10-16-30-29-15-6-9-20-35(29)42(36)37(30)33/h1-23H,24H2,(H2,40,41). The summed E-state index contributed by atoms with van der Waals surface area (Å²) in [5, 5.41) is 2.55. The highest BCUT2D eigenvalue weighted by molar-refractivity contribution is 6.13. The molecule has 7 aromatic rings. The molecule has 0 bridgehead atoms. The summed E-state index contributed by atoms with van der Waals surface area (Å²) in [4.78, 5) is 4.83. The Morgan fingerprint density at radius 1 is 0.595 bits per heavy atom. The molecule has 0 fully saturated rings. The van der Waals surface area contributed by atoms with Crippen molar-refractivity contribution in [1.82, 2.24) is 4.57 Å². The zero-order chi connectivity index (χ0) is 27.8. The number of hydrogen-bond donors (Lipinski definition) is 1. The normalized spacial score (nSPS) is 14.2. The van der Waals surface area contributed by atoms with Crippen LogP contribution < -0.4 is 5.73 Å². The summed E-state index contributed by atoms with van der Waals surface area (Å²) in [7, 11) is 0. The fourth-order valence-corrected chi connectivity index (χ4v) is 7.57. The summed E-state index contributed by atoms with van der Waals surface area (Å²) in [5.41, 5.74) is 19.8. The Kier molecular flexibility index (Phi) is 4.74. The van der Waals surface area contributed by atoms with Crippen LogP contribution in [0.3, 0.4) is 0 Å². The summed E-state index contributed by atoms with van der Waals surface area (Å²) in [6, 6.07) is 50.4. The quantitative estimate of drug-likeness (QED) is 0.179. The molecule has 2 N–H and O–H groups in total. The number of fused-ring (bicyclic) bond motifs is 12. The first-order chi connectivity index (χ1) is 20.8. The van der Waals surface area contributed by atoms with Crippen LogP contribution in [0.2, 0.25) is 0 Å². The van der Waals surface area contributed by atoms with E-state index in [1.54, 1.807) is 0 Å². The van der Waals surface area contributed by atoms with Crippen molar-refractivity contribution >= 4 is 27.6 Å². The molecule has 0 atom stereocenters. The zero-order valence-corrected chi connectivity index (χ0v) is 23.0. The molecule has 2 aliphatic rings. The minimum Gasteiger partial charge on any atom is -0.383 e. The molecule has 2 heterocycles. The third kappa shape index (κ3) is 2.92. The van der Waals surface area contributed by atoms with Crippen molar-refractivity contribution in [3.05, 3.63) is 173 Å². The molecule has 9 rings (SSSR count). The van der Waals surface area contributed by atoms with E-state index in [9.17, 15) is 0 Å².